The Kier molecular flexibility index (Phi) is 3.43. The fourth-order valence-corrected chi connectivity index (χ4v) is 2.71. The van der Waals surface area contributed by atoms with Gasteiger partial charge >= 0.3 is 0 Å². The van der Waals surface area contributed by atoms with Crippen LogP contribution in [0.3, 0.4) is 0 Å². The van der Waals surface area contributed by atoms with Crippen molar-refractivity contribution in [3.05, 3.63) is 48.5 Å². The number of aliphatic hydroxyl groups is 1. The maximum atomic E-state index is 10.1. The maximum Gasteiger partial charge on any atom is 0.181 e. The van der Waals surface area contributed by atoms with E-state index in [1.165, 1.54) is 18.1 Å². The molecule has 0 saturated carbocycles. The minimum absolute atomic E-state index is 0.515. The summed E-state index contributed by atoms with van der Waals surface area (Å²) in [5.41, 5.74) is 2.37. The number of hydrogen-bond acceptors (Lipinski definition) is 5. The summed E-state index contributed by atoms with van der Waals surface area (Å²) in [6.45, 7) is 0. The number of nitrogens with zero attached hydrogens (tertiary/aromatic N) is 3. The second-order valence-corrected chi connectivity index (χ2v) is 5.03. The van der Waals surface area contributed by atoms with Crippen molar-refractivity contribution in [2.75, 3.05) is 5.75 Å². The summed E-state index contributed by atoms with van der Waals surface area (Å²) < 4.78 is 0. The average Bonchev–Trinajstić information content (AvgIpc) is 2.94. The molecule has 0 fully saturated rings. The van der Waals surface area contributed by atoms with Crippen LogP contribution in [0.1, 0.15) is 11.7 Å². The fourth-order valence-electron chi connectivity index (χ4n) is 1.78. The van der Waals surface area contributed by atoms with Gasteiger partial charge in [0.1, 0.15) is 16.9 Å². The van der Waals surface area contributed by atoms with Crippen LogP contribution in [0.2, 0.25) is 0 Å². The number of thioether (sulfide) groups is 1. The van der Waals surface area contributed by atoms with E-state index in [0.29, 0.717) is 11.4 Å². The van der Waals surface area contributed by atoms with Crippen LogP contribution < -0.4 is 0 Å². The number of aromatic amines is 1. The second-order valence-electron chi connectivity index (χ2n) is 4.02. The van der Waals surface area contributed by atoms with Crippen molar-refractivity contribution in [2.45, 2.75) is 11.1 Å². The topological polar surface area (TPSA) is 74.7 Å². The molecular formula is C13H12N4OS. The average molecular weight is 272 g/mol. The zero-order valence-corrected chi connectivity index (χ0v) is 10.8. The Morgan fingerprint density at radius 1 is 1.16 bits per heavy atom. The molecule has 1 aromatic carbocycles. The molecule has 19 heavy (non-hydrogen) atoms. The molecule has 2 N–H and O–H groups in total. The first kappa shape index (κ1) is 12.1. The lowest BCUT2D eigenvalue weighted by atomic mass is 10.1. The molecule has 96 valence electrons. The summed E-state index contributed by atoms with van der Waals surface area (Å²) in [5.74, 6) is 0.537. The van der Waals surface area contributed by atoms with Gasteiger partial charge in [0, 0.05) is 5.75 Å². The molecule has 1 unspecified atom stereocenters. The first-order chi connectivity index (χ1) is 9.34. The predicted molar refractivity (Wildman–Crippen MR) is 73.8 cm³/mol. The van der Waals surface area contributed by atoms with Crippen molar-refractivity contribution in [2.24, 2.45) is 0 Å². The molecule has 0 radical (unpaired) electrons. The van der Waals surface area contributed by atoms with Gasteiger partial charge in [0.2, 0.25) is 0 Å². The summed E-state index contributed by atoms with van der Waals surface area (Å²) in [6, 6.07) is 9.60. The molecule has 0 aliphatic carbocycles. The van der Waals surface area contributed by atoms with Gasteiger partial charge in [-0.1, -0.05) is 30.3 Å². The number of aromatic nitrogens is 4. The summed E-state index contributed by atoms with van der Waals surface area (Å²) in [5, 5.41) is 10.9. The Morgan fingerprint density at radius 3 is 2.84 bits per heavy atom. The molecule has 0 spiro atoms. The number of rotatable bonds is 4. The van der Waals surface area contributed by atoms with Gasteiger partial charge in [-0.2, -0.15) is 0 Å². The minimum atomic E-state index is -0.515. The third-order valence-electron chi connectivity index (χ3n) is 2.75. The Morgan fingerprint density at radius 2 is 2.00 bits per heavy atom. The van der Waals surface area contributed by atoms with E-state index in [-0.39, 0.29) is 0 Å². The normalized spacial score (nSPS) is 12.7. The molecule has 0 bridgehead atoms. The molecule has 1 atom stereocenters. The third kappa shape index (κ3) is 2.59. The molecule has 5 nitrogen and oxygen atoms in total. The minimum Gasteiger partial charge on any atom is -0.388 e. The van der Waals surface area contributed by atoms with Crippen molar-refractivity contribution in [3.8, 4) is 0 Å². The monoisotopic (exact) mass is 272 g/mol. The molecule has 0 aliphatic rings. The van der Waals surface area contributed by atoms with E-state index < -0.39 is 6.10 Å². The van der Waals surface area contributed by atoms with Crippen molar-refractivity contribution in [3.63, 3.8) is 0 Å². The summed E-state index contributed by atoms with van der Waals surface area (Å²) in [7, 11) is 0. The van der Waals surface area contributed by atoms with E-state index in [0.717, 1.165) is 16.1 Å². The summed E-state index contributed by atoms with van der Waals surface area (Å²) >= 11 is 1.49. The number of benzene rings is 1. The summed E-state index contributed by atoms with van der Waals surface area (Å²) in [6.07, 6.45) is 2.57. The highest BCUT2D eigenvalue weighted by Crippen LogP contribution is 2.26. The molecule has 2 heterocycles. The lowest BCUT2D eigenvalue weighted by molar-refractivity contribution is 0.204. The van der Waals surface area contributed by atoms with E-state index in [1.807, 2.05) is 30.3 Å². The van der Waals surface area contributed by atoms with Crippen LogP contribution in [0.5, 0.6) is 0 Å². The zero-order valence-electron chi connectivity index (χ0n) is 10.0. The Labute approximate surface area is 114 Å². The number of H-pyrrole nitrogens is 1. The Balaban J connectivity index is 1.74. The van der Waals surface area contributed by atoms with Gasteiger partial charge in [-0.15, -0.1) is 11.8 Å². The molecule has 0 aliphatic heterocycles. The van der Waals surface area contributed by atoms with Crippen molar-refractivity contribution in [1.82, 2.24) is 19.9 Å². The highest BCUT2D eigenvalue weighted by Gasteiger charge is 2.11. The van der Waals surface area contributed by atoms with Crippen molar-refractivity contribution >= 4 is 22.9 Å². The van der Waals surface area contributed by atoms with Gasteiger partial charge < -0.3 is 10.1 Å². The van der Waals surface area contributed by atoms with Crippen LogP contribution in [-0.2, 0) is 0 Å². The number of imidazole rings is 1. The van der Waals surface area contributed by atoms with E-state index in [4.69, 9.17) is 0 Å². The summed E-state index contributed by atoms with van der Waals surface area (Å²) in [4.78, 5) is 15.4. The van der Waals surface area contributed by atoms with Crippen LogP contribution >= 0.6 is 11.8 Å². The lowest BCUT2D eigenvalue weighted by Gasteiger charge is -2.10. The van der Waals surface area contributed by atoms with Gasteiger partial charge in [-0.25, -0.2) is 15.0 Å². The maximum absolute atomic E-state index is 10.1. The molecule has 6 heteroatoms. The van der Waals surface area contributed by atoms with E-state index in [2.05, 4.69) is 19.9 Å². The van der Waals surface area contributed by atoms with Gasteiger partial charge in [0.05, 0.1) is 12.4 Å². The molecule has 0 saturated heterocycles. The molecule has 0 amide bonds. The first-order valence-corrected chi connectivity index (χ1v) is 6.83. The quantitative estimate of drug-likeness (QED) is 0.562. The third-order valence-corrected chi connectivity index (χ3v) is 3.82. The highest BCUT2D eigenvalue weighted by atomic mass is 32.2. The molecular weight excluding hydrogens is 260 g/mol. The lowest BCUT2D eigenvalue weighted by Crippen LogP contribution is -2.00. The number of hydrogen-bond donors (Lipinski definition) is 2. The number of aliphatic hydroxyl groups excluding tert-OH is 1. The van der Waals surface area contributed by atoms with Crippen LogP contribution in [0.25, 0.3) is 11.2 Å². The van der Waals surface area contributed by atoms with Crippen LogP contribution in [0.4, 0.5) is 0 Å². The molecule has 3 aromatic rings. The fraction of sp³-hybridized carbons (Fsp3) is 0.154. The first-order valence-electron chi connectivity index (χ1n) is 5.84. The van der Waals surface area contributed by atoms with E-state index in [1.54, 1.807) is 6.33 Å². The largest absolute Gasteiger partial charge is 0.388 e. The molecule has 3 rings (SSSR count). The zero-order chi connectivity index (χ0) is 13.1. The highest BCUT2D eigenvalue weighted by molar-refractivity contribution is 7.99. The Hall–Kier alpha value is -1.92. The van der Waals surface area contributed by atoms with Gasteiger partial charge in [0.25, 0.3) is 0 Å². The smallest absolute Gasteiger partial charge is 0.181 e. The predicted octanol–water partition coefficient (Wildman–Crippen LogP) is 2.18. The van der Waals surface area contributed by atoms with Crippen molar-refractivity contribution in [1.29, 1.82) is 0 Å². The Bertz CT molecular complexity index is 670. The van der Waals surface area contributed by atoms with E-state index >= 15 is 0 Å². The van der Waals surface area contributed by atoms with Gasteiger partial charge in [-0.3, -0.25) is 0 Å². The van der Waals surface area contributed by atoms with Gasteiger partial charge in [0.15, 0.2) is 5.65 Å². The van der Waals surface area contributed by atoms with Crippen LogP contribution in [-0.4, -0.2) is 30.8 Å². The van der Waals surface area contributed by atoms with Crippen molar-refractivity contribution < 1.29 is 5.11 Å². The van der Waals surface area contributed by atoms with Crippen LogP contribution in [0.15, 0.2) is 48.0 Å². The SMILES string of the molecule is OC(CSc1ncnc2nc[nH]c12)c1ccccc1. The second kappa shape index (κ2) is 5.38. The van der Waals surface area contributed by atoms with Crippen LogP contribution in [0, 0.1) is 0 Å². The van der Waals surface area contributed by atoms with E-state index in [9.17, 15) is 5.11 Å². The number of nitrogens with one attached hydrogen (secondary N) is 1. The molecule has 2 aromatic heterocycles. The number of fused-ring (bicyclic) bond motifs is 1. The standard InChI is InChI=1S/C13H12N4OS/c18-10(9-4-2-1-3-5-9)6-19-13-11-12(15-7-14-11)16-8-17-13/h1-5,7-8,10,18H,6H2,(H,14,15,16,17). The van der Waals surface area contributed by atoms with Gasteiger partial charge in [-0.05, 0) is 5.56 Å².